The lowest BCUT2D eigenvalue weighted by Gasteiger charge is -2.03. The summed E-state index contributed by atoms with van der Waals surface area (Å²) in [6.45, 7) is 3.98. The second kappa shape index (κ2) is 7.17. The van der Waals surface area contributed by atoms with Crippen molar-refractivity contribution < 1.29 is 4.79 Å². The Morgan fingerprint density at radius 1 is 1.07 bits per heavy atom. The number of aryl methyl sites for hydroxylation is 2. The molecule has 0 spiro atoms. The van der Waals surface area contributed by atoms with Crippen LogP contribution in [-0.2, 0) is 0 Å². The zero-order chi connectivity index (χ0) is 18.8. The monoisotopic (exact) mass is 374 g/mol. The fraction of sp³-hybridized carbons (Fsp3) is 0.0952. The van der Waals surface area contributed by atoms with Crippen LogP contribution < -0.4 is 5.32 Å². The fourth-order valence-electron chi connectivity index (χ4n) is 2.84. The average Bonchev–Trinajstić information content (AvgIpc) is 3.29. The van der Waals surface area contributed by atoms with E-state index in [4.69, 9.17) is 5.10 Å². The number of nitrogens with one attached hydrogen (secondary N) is 1. The quantitative estimate of drug-likeness (QED) is 0.555. The van der Waals surface area contributed by atoms with Crippen molar-refractivity contribution in [3.05, 3.63) is 83.0 Å². The van der Waals surface area contributed by atoms with Crippen LogP contribution in [0.1, 0.15) is 20.8 Å². The molecule has 0 bridgehead atoms. The van der Waals surface area contributed by atoms with E-state index in [1.807, 2.05) is 68.4 Å². The number of amides is 1. The summed E-state index contributed by atoms with van der Waals surface area (Å²) < 4.78 is 1.74. The van der Waals surface area contributed by atoms with Gasteiger partial charge >= 0.3 is 0 Å². The molecule has 0 fully saturated rings. The van der Waals surface area contributed by atoms with Crippen molar-refractivity contribution in [1.29, 1.82) is 0 Å². The van der Waals surface area contributed by atoms with Crippen LogP contribution in [0, 0.1) is 13.8 Å². The van der Waals surface area contributed by atoms with Gasteiger partial charge in [0, 0.05) is 22.8 Å². The molecule has 1 amide bonds. The minimum absolute atomic E-state index is 0.219. The van der Waals surface area contributed by atoms with Gasteiger partial charge in [-0.2, -0.15) is 5.10 Å². The predicted octanol–water partition coefficient (Wildman–Crippen LogP) is 4.86. The molecule has 5 nitrogen and oxygen atoms in total. The van der Waals surface area contributed by atoms with E-state index in [9.17, 15) is 4.79 Å². The Hall–Kier alpha value is -3.25. The maximum Gasteiger partial charge on any atom is 0.261 e. The van der Waals surface area contributed by atoms with Crippen molar-refractivity contribution >= 4 is 22.4 Å². The summed E-state index contributed by atoms with van der Waals surface area (Å²) in [5.41, 5.74) is 4.08. The van der Waals surface area contributed by atoms with Crippen LogP contribution in [0.3, 0.4) is 0 Å². The first-order valence-electron chi connectivity index (χ1n) is 8.56. The number of carbonyl (C=O) groups is 1. The minimum Gasteiger partial charge on any atom is -0.298 e. The first-order valence-corrected chi connectivity index (χ1v) is 9.38. The van der Waals surface area contributed by atoms with Gasteiger partial charge in [-0.3, -0.25) is 10.1 Å². The van der Waals surface area contributed by atoms with Gasteiger partial charge in [-0.25, -0.2) is 9.67 Å². The molecule has 4 rings (SSSR count). The zero-order valence-electron chi connectivity index (χ0n) is 15.0. The van der Waals surface area contributed by atoms with Gasteiger partial charge in [-0.05, 0) is 32.0 Å². The standard InChI is InChI=1S/C21H18N4OS/c1-14-7-6-8-16(11-14)19-18(20(26)23-21-22-12-15(2)27-21)13-25(24-19)17-9-4-3-5-10-17/h3-13H,1-2H3,(H,22,23,26). The summed E-state index contributed by atoms with van der Waals surface area (Å²) in [6, 6.07) is 17.7. The Balaban J connectivity index is 1.78. The van der Waals surface area contributed by atoms with Crippen LogP contribution in [0.5, 0.6) is 0 Å². The molecule has 0 unspecified atom stereocenters. The van der Waals surface area contributed by atoms with Gasteiger partial charge < -0.3 is 0 Å². The molecule has 6 heteroatoms. The largest absolute Gasteiger partial charge is 0.298 e. The van der Waals surface area contributed by atoms with E-state index >= 15 is 0 Å². The molecule has 0 aliphatic heterocycles. The van der Waals surface area contributed by atoms with E-state index in [1.165, 1.54) is 11.3 Å². The Morgan fingerprint density at radius 2 is 1.89 bits per heavy atom. The number of hydrogen-bond acceptors (Lipinski definition) is 4. The highest BCUT2D eigenvalue weighted by atomic mass is 32.1. The van der Waals surface area contributed by atoms with Gasteiger partial charge in [0.2, 0.25) is 0 Å². The maximum atomic E-state index is 12.9. The third-order valence-electron chi connectivity index (χ3n) is 4.11. The lowest BCUT2D eigenvalue weighted by atomic mass is 10.1. The first kappa shape index (κ1) is 17.2. The second-order valence-corrected chi connectivity index (χ2v) is 7.51. The lowest BCUT2D eigenvalue weighted by molar-refractivity contribution is 0.102. The summed E-state index contributed by atoms with van der Waals surface area (Å²) in [5.74, 6) is -0.219. The number of nitrogens with zero attached hydrogens (tertiary/aromatic N) is 3. The molecule has 2 aromatic heterocycles. The van der Waals surface area contributed by atoms with E-state index in [0.717, 1.165) is 21.7 Å². The Labute approximate surface area is 161 Å². The highest BCUT2D eigenvalue weighted by molar-refractivity contribution is 7.15. The average molecular weight is 374 g/mol. The molecule has 27 heavy (non-hydrogen) atoms. The Morgan fingerprint density at radius 3 is 2.59 bits per heavy atom. The molecule has 0 aliphatic carbocycles. The number of hydrogen-bond donors (Lipinski definition) is 1. The number of para-hydroxylation sites is 1. The summed E-state index contributed by atoms with van der Waals surface area (Å²) in [6.07, 6.45) is 3.51. The van der Waals surface area contributed by atoms with Crippen molar-refractivity contribution in [3.63, 3.8) is 0 Å². The Bertz CT molecular complexity index is 1100. The van der Waals surface area contributed by atoms with Crippen molar-refractivity contribution in [1.82, 2.24) is 14.8 Å². The SMILES string of the molecule is Cc1cccc(-c2nn(-c3ccccc3)cc2C(=O)Nc2ncc(C)s2)c1. The van der Waals surface area contributed by atoms with Crippen molar-refractivity contribution in [3.8, 4) is 16.9 Å². The number of thiazole rings is 1. The first-order chi connectivity index (χ1) is 13.1. The summed E-state index contributed by atoms with van der Waals surface area (Å²) in [4.78, 5) is 18.2. The van der Waals surface area contributed by atoms with Gasteiger partial charge in [0.15, 0.2) is 5.13 Å². The molecule has 134 valence electrons. The molecule has 0 aliphatic rings. The van der Waals surface area contributed by atoms with Crippen LogP contribution in [0.2, 0.25) is 0 Å². The van der Waals surface area contributed by atoms with E-state index in [0.29, 0.717) is 16.4 Å². The summed E-state index contributed by atoms with van der Waals surface area (Å²) in [5, 5.41) is 8.17. The van der Waals surface area contributed by atoms with Crippen LogP contribution in [-0.4, -0.2) is 20.7 Å². The van der Waals surface area contributed by atoms with Crippen molar-refractivity contribution in [2.75, 3.05) is 5.32 Å². The smallest absolute Gasteiger partial charge is 0.261 e. The maximum absolute atomic E-state index is 12.9. The molecule has 0 radical (unpaired) electrons. The predicted molar refractivity (Wildman–Crippen MR) is 109 cm³/mol. The van der Waals surface area contributed by atoms with Gasteiger partial charge in [-0.15, -0.1) is 11.3 Å². The van der Waals surface area contributed by atoms with Gasteiger partial charge in [0.1, 0.15) is 5.69 Å². The van der Waals surface area contributed by atoms with E-state index in [2.05, 4.69) is 10.3 Å². The molecule has 0 atom stereocenters. The number of rotatable bonds is 4. The number of aromatic nitrogens is 3. The van der Waals surface area contributed by atoms with E-state index < -0.39 is 0 Å². The molecule has 0 saturated carbocycles. The molecule has 2 heterocycles. The number of benzene rings is 2. The van der Waals surface area contributed by atoms with E-state index in [-0.39, 0.29) is 5.91 Å². The van der Waals surface area contributed by atoms with Crippen LogP contribution in [0.15, 0.2) is 67.0 Å². The lowest BCUT2D eigenvalue weighted by Crippen LogP contribution is -2.12. The molecule has 0 saturated heterocycles. The summed E-state index contributed by atoms with van der Waals surface area (Å²) >= 11 is 1.45. The number of anilines is 1. The third kappa shape index (κ3) is 3.66. The van der Waals surface area contributed by atoms with Crippen molar-refractivity contribution in [2.45, 2.75) is 13.8 Å². The zero-order valence-corrected chi connectivity index (χ0v) is 15.8. The molecule has 1 N–H and O–H groups in total. The highest BCUT2D eigenvalue weighted by Crippen LogP contribution is 2.26. The van der Waals surface area contributed by atoms with Gasteiger partial charge in [-0.1, -0.05) is 42.0 Å². The molecular formula is C21H18N4OS. The van der Waals surface area contributed by atoms with Crippen LogP contribution in [0.25, 0.3) is 16.9 Å². The third-order valence-corrected chi connectivity index (χ3v) is 4.94. The van der Waals surface area contributed by atoms with Crippen LogP contribution >= 0.6 is 11.3 Å². The molecule has 2 aromatic carbocycles. The normalized spacial score (nSPS) is 10.7. The molecular weight excluding hydrogens is 356 g/mol. The van der Waals surface area contributed by atoms with Crippen molar-refractivity contribution in [2.24, 2.45) is 0 Å². The topological polar surface area (TPSA) is 59.8 Å². The van der Waals surface area contributed by atoms with Gasteiger partial charge in [0.25, 0.3) is 5.91 Å². The molecule has 4 aromatic rings. The second-order valence-electron chi connectivity index (χ2n) is 6.27. The summed E-state index contributed by atoms with van der Waals surface area (Å²) in [7, 11) is 0. The van der Waals surface area contributed by atoms with Crippen LogP contribution in [0.4, 0.5) is 5.13 Å². The number of carbonyl (C=O) groups excluding carboxylic acids is 1. The van der Waals surface area contributed by atoms with E-state index in [1.54, 1.807) is 17.1 Å². The van der Waals surface area contributed by atoms with Gasteiger partial charge in [0.05, 0.1) is 11.3 Å². The minimum atomic E-state index is -0.219. The fourth-order valence-corrected chi connectivity index (χ4v) is 3.50. The highest BCUT2D eigenvalue weighted by Gasteiger charge is 2.19. The Kier molecular flexibility index (Phi) is 4.56.